The van der Waals surface area contributed by atoms with Gasteiger partial charge in [-0.25, -0.2) is 12.7 Å². The fourth-order valence-electron chi connectivity index (χ4n) is 6.15. The number of hydrogen-bond donors (Lipinski definition) is 2. The highest BCUT2D eigenvalue weighted by Gasteiger charge is 2.30. The Morgan fingerprint density at radius 1 is 1.00 bits per heavy atom. The number of sulfonamides is 1. The number of primary amides is 1. The van der Waals surface area contributed by atoms with Crippen LogP contribution in [0.1, 0.15) is 50.2 Å². The molecule has 0 aliphatic carbocycles. The third-order valence-corrected chi connectivity index (χ3v) is 10.4. The van der Waals surface area contributed by atoms with Crippen molar-refractivity contribution < 1.29 is 17.9 Å². The van der Waals surface area contributed by atoms with Crippen molar-refractivity contribution in [3.63, 3.8) is 0 Å². The molecule has 1 aromatic heterocycles. The lowest BCUT2D eigenvalue weighted by Crippen LogP contribution is -2.39. The number of nitrogens with two attached hydrogens (primary N) is 1. The summed E-state index contributed by atoms with van der Waals surface area (Å²) in [5.41, 5.74) is 11.8. The van der Waals surface area contributed by atoms with Crippen molar-refractivity contribution in [1.29, 1.82) is 0 Å². The van der Waals surface area contributed by atoms with Gasteiger partial charge in [0.1, 0.15) is 5.75 Å². The van der Waals surface area contributed by atoms with E-state index in [-0.39, 0.29) is 24.0 Å². The van der Waals surface area contributed by atoms with E-state index < -0.39 is 10.0 Å². The van der Waals surface area contributed by atoms with Crippen LogP contribution in [0.25, 0.3) is 22.0 Å². The molecule has 2 heterocycles. The summed E-state index contributed by atoms with van der Waals surface area (Å²) in [6, 6.07) is 22.2. The lowest BCUT2D eigenvalue weighted by atomic mass is 9.88. The van der Waals surface area contributed by atoms with Gasteiger partial charge < -0.3 is 20.4 Å². The molecule has 1 saturated heterocycles. The van der Waals surface area contributed by atoms with E-state index in [9.17, 15) is 13.2 Å². The molecule has 4 aromatic rings. The molecule has 0 unspecified atom stereocenters. The maximum Gasteiger partial charge on any atom is 0.221 e. The van der Waals surface area contributed by atoms with Crippen molar-refractivity contribution >= 4 is 32.5 Å². The molecule has 1 amide bonds. The van der Waals surface area contributed by atoms with Gasteiger partial charge >= 0.3 is 0 Å². The van der Waals surface area contributed by atoms with E-state index in [1.807, 2.05) is 48.7 Å². The molecule has 8 nitrogen and oxygen atoms in total. The highest BCUT2D eigenvalue weighted by molar-refractivity contribution is 7.89. The SMILES string of the molecule is CCN(CC)c1cccc(OCCCS(=O)(=O)N2CCC(c3c[nH]c4c(CC(N)=O)cc(-c5ccccc5)cc34)CC2)c1. The van der Waals surface area contributed by atoms with Crippen LogP contribution in [0.2, 0.25) is 0 Å². The van der Waals surface area contributed by atoms with Gasteiger partial charge in [-0.3, -0.25) is 4.79 Å². The molecule has 3 N–H and O–H groups in total. The maximum absolute atomic E-state index is 13.2. The van der Waals surface area contributed by atoms with Crippen molar-refractivity contribution in [2.45, 2.75) is 45.4 Å². The number of carbonyl (C=O) groups is 1. The van der Waals surface area contributed by atoms with Gasteiger partial charge in [-0.2, -0.15) is 0 Å². The zero-order chi connectivity index (χ0) is 30.4. The molecule has 1 fully saturated rings. The van der Waals surface area contributed by atoms with Crippen LogP contribution < -0.4 is 15.4 Å². The van der Waals surface area contributed by atoms with Crippen LogP contribution in [-0.4, -0.2) is 62.2 Å². The summed E-state index contributed by atoms with van der Waals surface area (Å²) >= 11 is 0. The van der Waals surface area contributed by atoms with Crippen LogP contribution in [0.4, 0.5) is 5.69 Å². The normalized spacial score (nSPS) is 14.7. The number of anilines is 1. The first-order valence-corrected chi connectivity index (χ1v) is 16.8. The summed E-state index contributed by atoms with van der Waals surface area (Å²) in [7, 11) is -3.38. The van der Waals surface area contributed by atoms with Gasteiger partial charge in [-0.15, -0.1) is 0 Å². The zero-order valence-corrected chi connectivity index (χ0v) is 25.9. The van der Waals surface area contributed by atoms with E-state index in [1.54, 1.807) is 4.31 Å². The number of fused-ring (bicyclic) bond motifs is 1. The summed E-state index contributed by atoms with van der Waals surface area (Å²) in [5.74, 6) is 0.668. The van der Waals surface area contributed by atoms with E-state index >= 15 is 0 Å². The minimum absolute atomic E-state index is 0.0669. The van der Waals surface area contributed by atoms with Crippen molar-refractivity contribution in [3.8, 4) is 16.9 Å². The van der Waals surface area contributed by atoms with Crippen LogP contribution in [0.15, 0.2) is 72.9 Å². The van der Waals surface area contributed by atoms with Crippen LogP contribution in [0.3, 0.4) is 0 Å². The van der Waals surface area contributed by atoms with Gasteiger partial charge in [0.2, 0.25) is 15.9 Å². The molecular formula is C34H42N4O4S. The van der Waals surface area contributed by atoms with E-state index in [4.69, 9.17) is 10.5 Å². The topological polar surface area (TPSA) is 109 Å². The number of rotatable bonds is 13. The summed E-state index contributed by atoms with van der Waals surface area (Å²) in [5, 5.41) is 1.07. The first-order valence-electron chi connectivity index (χ1n) is 15.2. The Bertz CT molecular complexity index is 1640. The number of aromatic nitrogens is 1. The maximum atomic E-state index is 13.2. The van der Waals surface area contributed by atoms with Gasteiger partial charge in [0.25, 0.3) is 0 Å². The average molecular weight is 603 g/mol. The number of piperidine rings is 1. The van der Waals surface area contributed by atoms with E-state index in [1.165, 1.54) is 0 Å². The summed E-state index contributed by atoms with van der Waals surface area (Å²) in [6.45, 7) is 7.40. The van der Waals surface area contributed by atoms with Crippen LogP contribution in [0.5, 0.6) is 5.75 Å². The predicted molar refractivity (Wildman–Crippen MR) is 174 cm³/mol. The molecule has 0 radical (unpaired) electrons. The number of H-pyrrole nitrogens is 1. The van der Waals surface area contributed by atoms with E-state index in [0.717, 1.165) is 70.5 Å². The first-order chi connectivity index (χ1) is 20.8. The minimum Gasteiger partial charge on any atom is -0.493 e. The van der Waals surface area contributed by atoms with Crippen LogP contribution in [-0.2, 0) is 21.2 Å². The van der Waals surface area contributed by atoms with Gasteiger partial charge in [-0.05, 0) is 85.5 Å². The van der Waals surface area contributed by atoms with Crippen molar-refractivity contribution in [3.05, 3.63) is 84.1 Å². The summed E-state index contributed by atoms with van der Waals surface area (Å²) < 4.78 is 33.9. The van der Waals surface area contributed by atoms with Crippen LogP contribution in [0, 0.1) is 0 Å². The lowest BCUT2D eigenvalue weighted by Gasteiger charge is -2.31. The number of nitrogens with one attached hydrogen (secondary N) is 1. The second-order valence-electron chi connectivity index (χ2n) is 11.2. The van der Waals surface area contributed by atoms with E-state index in [2.05, 4.69) is 48.0 Å². The minimum atomic E-state index is -3.38. The highest BCUT2D eigenvalue weighted by Crippen LogP contribution is 2.37. The fraction of sp³-hybridized carbons (Fsp3) is 0.382. The van der Waals surface area contributed by atoms with E-state index in [0.29, 0.717) is 26.1 Å². The molecule has 1 aliphatic rings. The molecule has 5 rings (SSSR count). The molecule has 1 aliphatic heterocycles. The quantitative estimate of drug-likeness (QED) is 0.191. The molecule has 0 saturated carbocycles. The third kappa shape index (κ3) is 7.22. The summed E-state index contributed by atoms with van der Waals surface area (Å²) in [4.78, 5) is 17.5. The second kappa shape index (κ2) is 13.7. The number of ether oxygens (including phenoxy) is 1. The third-order valence-electron chi connectivity index (χ3n) is 8.42. The number of aromatic amines is 1. The molecule has 43 heavy (non-hydrogen) atoms. The Morgan fingerprint density at radius 2 is 1.74 bits per heavy atom. The number of nitrogens with zero attached hydrogens (tertiary/aromatic N) is 2. The summed E-state index contributed by atoms with van der Waals surface area (Å²) in [6.07, 6.45) is 4.08. The second-order valence-corrected chi connectivity index (χ2v) is 13.3. The zero-order valence-electron chi connectivity index (χ0n) is 25.1. The monoisotopic (exact) mass is 602 g/mol. The predicted octanol–water partition coefficient (Wildman–Crippen LogP) is 5.69. The molecule has 0 atom stereocenters. The standard InChI is InChI=1S/C34H42N4O4S/c1-3-37(4-2)29-12-8-13-30(23-29)42-18-9-19-43(40,41)38-16-14-26(15-17-38)32-24-36-34-28(22-33(35)39)20-27(21-31(32)34)25-10-6-5-7-11-25/h5-8,10-13,20-21,23-24,26,36H,3-4,9,14-19,22H2,1-2H3,(H2,35,39). The van der Waals surface area contributed by atoms with Crippen molar-refractivity contribution in [2.75, 3.05) is 43.4 Å². The number of benzene rings is 3. The molecule has 3 aromatic carbocycles. The van der Waals surface area contributed by atoms with Crippen LogP contribution >= 0.6 is 0 Å². The molecular weight excluding hydrogens is 560 g/mol. The average Bonchev–Trinajstić information content (AvgIpc) is 3.45. The number of hydrogen-bond acceptors (Lipinski definition) is 5. The Hall–Kier alpha value is -3.82. The Morgan fingerprint density at radius 3 is 2.44 bits per heavy atom. The van der Waals surface area contributed by atoms with Gasteiger partial charge in [0.15, 0.2) is 0 Å². The van der Waals surface area contributed by atoms with Gasteiger partial charge in [0.05, 0.1) is 18.8 Å². The van der Waals surface area contributed by atoms with Gasteiger partial charge in [0, 0.05) is 55.0 Å². The Labute approximate surface area is 254 Å². The number of carbonyl (C=O) groups excluding carboxylic acids is 1. The number of amides is 1. The largest absolute Gasteiger partial charge is 0.493 e. The van der Waals surface area contributed by atoms with Crippen molar-refractivity contribution in [1.82, 2.24) is 9.29 Å². The highest BCUT2D eigenvalue weighted by atomic mass is 32.2. The Kier molecular flexibility index (Phi) is 9.72. The molecule has 228 valence electrons. The molecule has 9 heteroatoms. The first kappa shape index (κ1) is 30.6. The molecule has 0 bridgehead atoms. The Balaban J connectivity index is 1.21. The van der Waals surface area contributed by atoms with Gasteiger partial charge in [-0.1, -0.05) is 36.4 Å². The fourth-order valence-corrected chi connectivity index (χ4v) is 7.66. The molecule has 0 spiro atoms. The van der Waals surface area contributed by atoms with Crippen molar-refractivity contribution in [2.24, 2.45) is 5.73 Å². The smallest absolute Gasteiger partial charge is 0.221 e. The lowest BCUT2D eigenvalue weighted by molar-refractivity contribution is -0.117.